The molecule has 0 unspecified atom stereocenters. The maximum Gasteiger partial charge on any atom is 0.409 e. The molecular formula is C17H16BrF3N2O. The zero-order valence-corrected chi connectivity index (χ0v) is 14.7. The molecule has 1 saturated heterocycles. The Bertz CT molecular complexity index is 804. The zero-order valence-electron chi connectivity index (χ0n) is 13.1. The van der Waals surface area contributed by atoms with Gasteiger partial charge in [-0.05, 0) is 36.2 Å². The van der Waals surface area contributed by atoms with Crippen molar-refractivity contribution >= 4 is 32.6 Å². The van der Waals surface area contributed by atoms with Crippen LogP contribution in [-0.4, -0.2) is 22.6 Å². The van der Waals surface area contributed by atoms with E-state index in [4.69, 9.17) is 0 Å². The Balaban J connectivity index is 2.22. The number of carbonyl (C=O) groups is 1. The second-order valence-corrected chi connectivity index (χ2v) is 7.37. The highest BCUT2D eigenvalue weighted by Crippen LogP contribution is 2.45. The standard InChI is InChI=1S/C17H16BrF3N2O/c1-16(2)9-14(24)22-23(16)15(17(19,20)21)12-7-8-13(18)11-6-4-3-5-10(11)12/h3-8,15H,9H2,1-2H3,(H,22,24)/t15-/m0/s1. The highest BCUT2D eigenvalue weighted by molar-refractivity contribution is 9.10. The average molecular weight is 401 g/mol. The first-order valence-electron chi connectivity index (χ1n) is 7.44. The number of benzene rings is 2. The number of hydrazine groups is 1. The molecule has 1 aliphatic heterocycles. The number of rotatable bonds is 2. The molecule has 24 heavy (non-hydrogen) atoms. The minimum absolute atomic E-state index is 0.0219. The van der Waals surface area contributed by atoms with Crippen LogP contribution < -0.4 is 5.43 Å². The number of hydrogen-bond acceptors (Lipinski definition) is 2. The first kappa shape index (κ1) is 17.2. The number of nitrogens with one attached hydrogen (secondary N) is 1. The van der Waals surface area contributed by atoms with E-state index in [1.807, 2.05) is 0 Å². The average Bonchev–Trinajstić information content (AvgIpc) is 2.73. The van der Waals surface area contributed by atoms with Crippen LogP contribution in [-0.2, 0) is 4.79 Å². The van der Waals surface area contributed by atoms with Crippen LogP contribution in [0.5, 0.6) is 0 Å². The molecule has 1 fully saturated rings. The minimum Gasteiger partial charge on any atom is -0.287 e. The molecule has 1 heterocycles. The van der Waals surface area contributed by atoms with Gasteiger partial charge in [0.15, 0.2) is 6.04 Å². The molecule has 0 bridgehead atoms. The van der Waals surface area contributed by atoms with Crippen LogP contribution in [0.25, 0.3) is 10.8 Å². The summed E-state index contributed by atoms with van der Waals surface area (Å²) in [4.78, 5) is 11.7. The smallest absolute Gasteiger partial charge is 0.287 e. The lowest BCUT2D eigenvalue weighted by Gasteiger charge is -2.38. The van der Waals surface area contributed by atoms with E-state index in [1.54, 1.807) is 44.2 Å². The van der Waals surface area contributed by atoms with Crippen LogP contribution in [0.3, 0.4) is 0 Å². The van der Waals surface area contributed by atoms with E-state index in [2.05, 4.69) is 21.4 Å². The van der Waals surface area contributed by atoms with E-state index in [0.717, 1.165) is 9.48 Å². The van der Waals surface area contributed by atoms with Crippen LogP contribution >= 0.6 is 15.9 Å². The summed E-state index contributed by atoms with van der Waals surface area (Å²) in [7, 11) is 0. The summed E-state index contributed by atoms with van der Waals surface area (Å²) in [6, 6.07) is 8.08. The molecule has 1 atom stereocenters. The van der Waals surface area contributed by atoms with Crippen molar-refractivity contribution in [3.8, 4) is 0 Å². The molecule has 3 rings (SSSR count). The molecule has 0 aliphatic carbocycles. The Morgan fingerprint density at radius 3 is 2.33 bits per heavy atom. The molecule has 1 N–H and O–H groups in total. The summed E-state index contributed by atoms with van der Waals surface area (Å²) in [5.74, 6) is -0.407. The minimum atomic E-state index is -4.54. The van der Waals surface area contributed by atoms with Crippen molar-refractivity contribution in [2.24, 2.45) is 0 Å². The fraction of sp³-hybridized carbons (Fsp3) is 0.353. The first-order valence-corrected chi connectivity index (χ1v) is 8.23. The molecule has 2 aromatic carbocycles. The van der Waals surface area contributed by atoms with Crippen LogP contribution in [0.2, 0.25) is 0 Å². The summed E-state index contributed by atoms with van der Waals surface area (Å²) >= 11 is 3.38. The van der Waals surface area contributed by atoms with Crippen molar-refractivity contribution in [1.29, 1.82) is 0 Å². The third-order valence-electron chi connectivity index (χ3n) is 4.26. The van der Waals surface area contributed by atoms with Gasteiger partial charge in [0.2, 0.25) is 5.91 Å². The number of carbonyl (C=O) groups excluding carboxylic acids is 1. The Hall–Kier alpha value is -1.60. The highest BCUT2D eigenvalue weighted by Gasteiger charge is 2.53. The number of nitrogens with zero attached hydrogens (tertiary/aromatic N) is 1. The lowest BCUT2D eigenvalue weighted by molar-refractivity contribution is -0.203. The maximum atomic E-state index is 14.0. The van der Waals surface area contributed by atoms with Gasteiger partial charge in [-0.1, -0.05) is 46.3 Å². The summed E-state index contributed by atoms with van der Waals surface area (Å²) in [5, 5.41) is 2.24. The van der Waals surface area contributed by atoms with E-state index >= 15 is 0 Å². The van der Waals surface area contributed by atoms with Crippen molar-refractivity contribution < 1.29 is 18.0 Å². The van der Waals surface area contributed by atoms with E-state index in [9.17, 15) is 18.0 Å². The van der Waals surface area contributed by atoms with E-state index in [0.29, 0.717) is 10.8 Å². The number of halogens is 4. The van der Waals surface area contributed by atoms with Crippen molar-refractivity contribution in [2.45, 2.75) is 38.0 Å². The third kappa shape index (κ3) is 2.91. The topological polar surface area (TPSA) is 32.3 Å². The lowest BCUT2D eigenvalue weighted by atomic mass is 9.94. The van der Waals surface area contributed by atoms with Crippen LogP contribution in [0.15, 0.2) is 40.9 Å². The fourth-order valence-electron chi connectivity index (χ4n) is 3.20. The summed E-state index contributed by atoms with van der Waals surface area (Å²) in [6.45, 7) is 3.26. The van der Waals surface area contributed by atoms with Crippen LogP contribution in [0.1, 0.15) is 31.9 Å². The SMILES string of the molecule is CC1(C)CC(=O)NN1[C@@H](c1ccc(Br)c2ccccc12)C(F)(F)F. The quantitative estimate of drug-likeness (QED) is 0.790. The molecular weight excluding hydrogens is 385 g/mol. The molecule has 2 aromatic rings. The number of hydrogen-bond donors (Lipinski definition) is 1. The second kappa shape index (κ2) is 5.74. The normalized spacial score (nSPS) is 19.5. The maximum absolute atomic E-state index is 14.0. The van der Waals surface area contributed by atoms with Crippen LogP contribution in [0.4, 0.5) is 13.2 Å². The summed E-state index contributed by atoms with van der Waals surface area (Å²) < 4.78 is 42.6. The Morgan fingerprint density at radius 2 is 1.79 bits per heavy atom. The molecule has 128 valence electrons. The molecule has 7 heteroatoms. The Labute approximate surface area is 145 Å². The van der Waals surface area contributed by atoms with Gasteiger partial charge in [0.25, 0.3) is 0 Å². The van der Waals surface area contributed by atoms with E-state index < -0.39 is 23.7 Å². The van der Waals surface area contributed by atoms with Gasteiger partial charge < -0.3 is 0 Å². The monoisotopic (exact) mass is 400 g/mol. The van der Waals surface area contributed by atoms with E-state index in [1.165, 1.54) is 6.07 Å². The van der Waals surface area contributed by atoms with Crippen LogP contribution in [0, 0.1) is 0 Å². The largest absolute Gasteiger partial charge is 0.409 e. The molecule has 0 aromatic heterocycles. The summed E-state index contributed by atoms with van der Waals surface area (Å²) in [5.41, 5.74) is 1.57. The van der Waals surface area contributed by atoms with Gasteiger partial charge in [0.1, 0.15) is 0 Å². The number of amides is 1. The van der Waals surface area contributed by atoms with Crippen molar-refractivity contribution in [2.75, 3.05) is 0 Å². The number of fused-ring (bicyclic) bond motifs is 1. The van der Waals surface area contributed by atoms with Gasteiger partial charge in [-0.15, -0.1) is 0 Å². The highest BCUT2D eigenvalue weighted by atomic mass is 79.9. The molecule has 0 radical (unpaired) electrons. The van der Waals surface area contributed by atoms with Crippen molar-refractivity contribution in [1.82, 2.24) is 10.4 Å². The van der Waals surface area contributed by atoms with Crippen molar-refractivity contribution in [3.05, 3.63) is 46.4 Å². The third-order valence-corrected chi connectivity index (χ3v) is 4.95. The molecule has 1 aliphatic rings. The van der Waals surface area contributed by atoms with Gasteiger partial charge in [0.05, 0.1) is 0 Å². The lowest BCUT2D eigenvalue weighted by Crippen LogP contribution is -2.51. The Kier molecular flexibility index (Phi) is 4.12. The van der Waals surface area contributed by atoms with Gasteiger partial charge >= 0.3 is 6.18 Å². The van der Waals surface area contributed by atoms with Gasteiger partial charge in [-0.2, -0.15) is 18.2 Å². The fourth-order valence-corrected chi connectivity index (χ4v) is 3.68. The summed E-state index contributed by atoms with van der Waals surface area (Å²) in [6.07, 6.45) is -4.51. The molecule has 0 saturated carbocycles. The predicted molar refractivity (Wildman–Crippen MR) is 89.1 cm³/mol. The predicted octanol–water partition coefficient (Wildman–Crippen LogP) is 4.72. The number of alkyl halides is 3. The van der Waals surface area contributed by atoms with Gasteiger partial charge in [-0.25, -0.2) is 0 Å². The molecule has 3 nitrogen and oxygen atoms in total. The first-order chi connectivity index (χ1) is 11.1. The molecule has 0 spiro atoms. The van der Waals surface area contributed by atoms with Gasteiger partial charge in [-0.3, -0.25) is 10.2 Å². The van der Waals surface area contributed by atoms with Gasteiger partial charge in [0, 0.05) is 16.4 Å². The second-order valence-electron chi connectivity index (χ2n) is 6.52. The zero-order chi connectivity index (χ0) is 17.7. The van der Waals surface area contributed by atoms with Crippen molar-refractivity contribution in [3.63, 3.8) is 0 Å². The Morgan fingerprint density at radius 1 is 1.17 bits per heavy atom. The van der Waals surface area contributed by atoms with E-state index in [-0.39, 0.29) is 12.0 Å². The molecule has 1 amide bonds.